The Kier molecular flexibility index (Phi) is 7.26. The largest absolute Gasteiger partial charge is 0.488 e. The predicted molar refractivity (Wildman–Crippen MR) is 127 cm³/mol. The molecule has 1 aliphatic carbocycles. The molecule has 1 atom stereocenters. The van der Waals surface area contributed by atoms with Crippen molar-refractivity contribution < 1.29 is 18.7 Å². The lowest BCUT2D eigenvalue weighted by atomic mass is 10.0. The standard InChI is InChI=1S/C26H30ClNO4/c1-3-30-26(29)17(2)21-10-6-7-11-24(21)31-15-19-16-32-25-22(19)12-20(27)13-23(25)28-14-18-8-4-5-9-18/h6-7,10-13,16-18,28H,3-5,8-9,14-15H2,1-2H3. The van der Waals surface area contributed by atoms with E-state index in [0.29, 0.717) is 29.9 Å². The summed E-state index contributed by atoms with van der Waals surface area (Å²) in [6.45, 7) is 5.22. The number of rotatable bonds is 9. The average Bonchev–Trinajstić information content (AvgIpc) is 3.46. The minimum atomic E-state index is -0.409. The number of carbonyl (C=O) groups is 1. The molecule has 1 aromatic heterocycles. The summed E-state index contributed by atoms with van der Waals surface area (Å²) in [5.41, 5.74) is 3.42. The summed E-state index contributed by atoms with van der Waals surface area (Å²) >= 11 is 6.42. The number of anilines is 1. The van der Waals surface area contributed by atoms with Gasteiger partial charge in [-0.15, -0.1) is 0 Å². The highest BCUT2D eigenvalue weighted by Gasteiger charge is 2.21. The van der Waals surface area contributed by atoms with Gasteiger partial charge in [0.2, 0.25) is 0 Å². The van der Waals surface area contributed by atoms with E-state index in [9.17, 15) is 4.79 Å². The summed E-state index contributed by atoms with van der Waals surface area (Å²) < 4.78 is 17.2. The molecule has 4 rings (SSSR count). The van der Waals surface area contributed by atoms with Crippen molar-refractivity contribution in [1.82, 2.24) is 0 Å². The van der Waals surface area contributed by atoms with Crippen LogP contribution >= 0.6 is 11.6 Å². The van der Waals surface area contributed by atoms with Gasteiger partial charge in [-0.2, -0.15) is 0 Å². The first-order valence-electron chi connectivity index (χ1n) is 11.4. The van der Waals surface area contributed by atoms with Crippen LogP contribution < -0.4 is 10.1 Å². The zero-order valence-corrected chi connectivity index (χ0v) is 19.4. The topological polar surface area (TPSA) is 60.7 Å². The number of furan rings is 1. The molecule has 32 heavy (non-hydrogen) atoms. The fraction of sp³-hybridized carbons (Fsp3) is 0.423. The first-order chi connectivity index (χ1) is 15.6. The molecule has 0 saturated heterocycles. The van der Waals surface area contributed by atoms with Gasteiger partial charge in [-0.3, -0.25) is 4.79 Å². The Morgan fingerprint density at radius 2 is 2.03 bits per heavy atom. The highest BCUT2D eigenvalue weighted by atomic mass is 35.5. The molecule has 170 valence electrons. The molecule has 0 bridgehead atoms. The van der Waals surface area contributed by atoms with Gasteiger partial charge >= 0.3 is 5.97 Å². The van der Waals surface area contributed by atoms with Crippen molar-refractivity contribution in [3.8, 4) is 5.75 Å². The summed E-state index contributed by atoms with van der Waals surface area (Å²) in [6.07, 6.45) is 6.90. The highest BCUT2D eigenvalue weighted by molar-refractivity contribution is 6.31. The molecular weight excluding hydrogens is 426 g/mol. The van der Waals surface area contributed by atoms with Gasteiger partial charge in [-0.1, -0.05) is 42.6 Å². The Bertz CT molecular complexity index is 1070. The van der Waals surface area contributed by atoms with Crippen LogP contribution in [0, 0.1) is 5.92 Å². The van der Waals surface area contributed by atoms with Crippen molar-refractivity contribution in [2.45, 2.75) is 52.1 Å². The molecule has 0 amide bonds. The van der Waals surface area contributed by atoms with Gasteiger partial charge in [0.25, 0.3) is 0 Å². The molecule has 1 fully saturated rings. The summed E-state index contributed by atoms with van der Waals surface area (Å²) in [5.74, 6) is 0.693. The molecule has 1 N–H and O–H groups in total. The second-order valence-corrected chi connectivity index (χ2v) is 8.86. The molecule has 3 aromatic rings. The molecule has 1 unspecified atom stereocenters. The van der Waals surface area contributed by atoms with Crippen molar-refractivity contribution in [3.63, 3.8) is 0 Å². The monoisotopic (exact) mass is 455 g/mol. The average molecular weight is 456 g/mol. The molecule has 6 heteroatoms. The third-order valence-electron chi connectivity index (χ3n) is 6.18. The van der Waals surface area contributed by atoms with Crippen LogP contribution in [0.3, 0.4) is 0 Å². The van der Waals surface area contributed by atoms with E-state index in [1.165, 1.54) is 25.7 Å². The number of ether oxygens (including phenoxy) is 2. The Morgan fingerprint density at radius 3 is 2.81 bits per heavy atom. The van der Waals surface area contributed by atoms with Gasteiger partial charge in [0.15, 0.2) is 5.58 Å². The van der Waals surface area contributed by atoms with Crippen molar-refractivity contribution in [2.24, 2.45) is 5.92 Å². The van der Waals surface area contributed by atoms with E-state index in [4.69, 9.17) is 25.5 Å². The number of fused-ring (bicyclic) bond motifs is 1. The molecule has 1 saturated carbocycles. The third-order valence-corrected chi connectivity index (χ3v) is 6.40. The fourth-order valence-corrected chi connectivity index (χ4v) is 4.60. The molecule has 0 radical (unpaired) electrons. The molecular formula is C26H30ClNO4. The van der Waals surface area contributed by atoms with E-state index >= 15 is 0 Å². The number of carbonyl (C=O) groups excluding carboxylic acids is 1. The molecule has 1 aliphatic rings. The number of esters is 1. The van der Waals surface area contributed by atoms with Gasteiger partial charge in [0.05, 0.1) is 24.5 Å². The summed E-state index contributed by atoms with van der Waals surface area (Å²) in [4.78, 5) is 12.2. The zero-order chi connectivity index (χ0) is 22.5. The van der Waals surface area contributed by atoms with Gasteiger partial charge in [0, 0.05) is 28.1 Å². The van der Waals surface area contributed by atoms with Crippen LogP contribution in [-0.4, -0.2) is 19.1 Å². The number of nitrogens with one attached hydrogen (secondary N) is 1. The maximum atomic E-state index is 12.2. The lowest BCUT2D eigenvalue weighted by molar-refractivity contribution is -0.144. The molecule has 5 nitrogen and oxygen atoms in total. The van der Waals surface area contributed by atoms with Crippen LogP contribution in [0.1, 0.15) is 56.6 Å². The van der Waals surface area contributed by atoms with Crippen LogP contribution in [0.5, 0.6) is 5.75 Å². The fourth-order valence-electron chi connectivity index (χ4n) is 4.38. The Hall–Kier alpha value is -2.66. The molecule has 1 heterocycles. The van der Waals surface area contributed by atoms with Crippen molar-refractivity contribution in [1.29, 1.82) is 0 Å². The lowest BCUT2D eigenvalue weighted by Gasteiger charge is -2.16. The number of benzene rings is 2. The molecule has 0 aliphatic heterocycles. The number of hydrogen-bond donors (Lipinski definition) is 1. The summed E-state index contributed by atoms with van der Waals surface area (Å²) in [5, 5.41) is 5.13. The predicted octanol–water partition coefficient (Wildman–Crippen LogP) is 6.93. The minimum Gasteiger partial charge on any atom is -0.488 e. The van der Waals surface area contributed by atoms with Crippen LogP contribution in [0.15, 0.2) is 47.1 Å². The highest BCUT2D eigenvalue weighted by Crippen LogP contribution is 2.34. The van der Waals surface area contributed by atoms with Gasteiger partial charge in [0.1, 0.15) is 12.4 Å². The van der Waals surface area contributed by atoms with E-state index in [1.807, 2.05) is 43.3 Å². The maximum Gasteiger partial charge on any atom is 0.313 e. The quantitative estimate of drug-likeness (QED) is 0.354. The van der Waals surface area contributed by atoms with Crippen LogP contribution in [0.25, 0.3) is 11.0 Å². The van der Waals surface area contributed by atoms with E-state index in [2.05, 4.69) is 5.32 Å². The Labute approximate surface area is 194 Å². The van der Waals surface area contributed by atoms with Crippen LogP contribution in [0.2, 0.25) is 5.02 Å². The Balaban J connectivity index is 1.51. The normalized spacial score (nSPS) is 15.1. The third kappa shape index (κ3) is 5.04. The van der Waals surface area contributed by atoms with Gasteiger partial charge < -0.3 is 19.2 Å². The van der Waals surface area contributed by atoms with E-state index in [0.717, 1.165) is 34.3 Å². The maximum absolute atomic E-state index is 12.2. The summed E-state index contributed by atoms with van der Waals surface area (Å²) in [6, 6.07) is 11.4. The first-order valence-corrected chi connectivity index (χ1v) is 11.8. The SMILES string of the molecule is CCOC(=O)C(C)c1ccccc1OCc1coc2c(NCC3CCCC3)cc(Cl)cc12. The lowest BCUT2D eigenvalue weighted by Crippen LogP contribution is -2.14. The van der Waals surface area contributed by atoms with Crippen LogP contribution in [0.4, 0.5) is 5.69 Å². The summed E-state index contributed by atoms with van der Waals surface area (Å²) in [7, 11) is 0. The number of halogens is 1. The van der Waals surface area contributed by atoms with Crippen LogP contribution in [-0.2, 0) is 16.1 Å². The van der Waals surface area contributed by atoms with Crippen molar-refractivity contribution in [3.05, 3.63) is 58.8 Å². The van der Waals surface area contributed by atoms with Crippen molar-refractivity contribution >= 4 is 34.2 Å². The van der Waals surface area contributed by atoms with E-state index in [-0.39, 0.29) is 5.97 Å². The minimum absolute atomic E-state index is 0.262. The smallest absolute Gasteiger partial charge is 0.313 e. The second kappa shape index (κ2) is 10.3. The number of hydrogen-bond acceptors (Lipinski definition) is 5. The number of para-hydroxylation sites is 1. The van der Waals surface area contributed by atoms with E-state index < -0.39 is 5.92 Å². The van der Waals surface area contributed by atoms with Gasteiger partial charge in [-0.05, 0) is 50.8 Å². The second-order valence-electron chi connectivity index (χ2n) is 8.42. The molecule has 0 spiro atoms. The van der Waals surface area contributed by atoms with Gasteiger partial charge in [-0.25, -0.2) is 0 Å². The molecule has 2 aromatic carbocycles. The first kappa shape index (κ1) is 22.5. The van der Waals surface area contributed by atoms with E-state index in [1.54, 1.807) is 13.2 Å². The zero-order valence-electron chi connectivity index (χ0n) is 18.7. The Morgan fingerprint density at radius 1 is 1.25 bits per heavy atom. The van der Waals surface area contributed by atoms with Crippen molar-refractivity contribution in [2.75, 3.05) is 18.5 Å².